The van der Waals surface area contributed by atoms with E-state index in [1.807, 2.05) is 6.92 Å². The second kappa shape index (κ2) is 9.42. The number of carbonyl (C=O) groups is 1. The van der Waals surface area contributed by atoms with Gasteiger partial charge < -0.3 is 15.2 Å². The Bertz CT molecular complexity index is 888. The van der Waals surface area contributed by atoms with Gasteiger partial charge in [0.15, 0.2) is 0 Å². The Morgan fingerprint density at radius 2 is 2.10 bits per heavy atom. The smallest absolute Gasteiger partial charge is 0.412 e. The number of methoxy groups -OCH3 is 1. The number of pyridine rings is 2. The number of rotatable bonds is 8. The molecule has 0 aromatic carbocycles. The van der Waals surface area contributed by atoms with Gasteiger partial charge in [0, 0.05) is 11.8 Å². The maximum Gasteiger partial charge on any atom is 0.412 e. The summed E-state index contributed by atoms with van der Waals surface area (Å²) in [5.41, 5.74) is 6.54. The molecular formula is C20H24F2N4O3. The summed E-state index contributed by atoms with van der Waals surface area (Å²) in [4.78, 5) is 19.3. The minimum atomic E-state index is -2.84. The standard InChI is InChI=1S/C20H24F2N4O3/c1-12(2)10-20(3,23)11-29-15-6-5-14(25-17(15)18(21)22)13-7-8-24-16(9-13)26-19(27)28-4/h5-9,18H,1,10-11,23H2,2-4H3,(H,24,26,27). The lowest BCUT2D eigenvalue weighted by atomic mass is 9.96. The predicted octanol–water partition coefficient (Wildman–Crippen LogP) is 4.32. The van der Waals surface area contributed by atoms with Gasteiger partial charge >= 0.3 is 6.09 Å². The van der Waals surface area contributed by atoms with Crippen molar-refractivity contribution in [2.45, 2.75) is 32.2 Å². The summed E-state index contributed by atoms with van der Waals surface area (Å²) in [6, 6.07) is 6.06. The lowest BCUT2D eigenvalue weighted by Crippen LogP contribution is -2.42. The predicted molar refractivity (Wildman–Crippen MR) is 106 cm³/mol. The first-order valence-electron chi connectivity index (χ1n) is 8.78. The Morgan fingerprint density at radius 3 is 2.72 bits per heavy atom. The Labute approximate surface area is 167 Å². The quantitative estimate of drug-likeness (QED) is 0.634. The molecule has 7 nitrogen and oxygen atoms in total. The number of nitrogens with one attached hydrogen (secondary N) is 1. The fourth-order valence-electron chi connectivity index (χ4n) is 2.70. The third-order valence-corrected chi connectivity index (χ3v) is 3.83. The maximum absolute atomic E-state index is 13.6. The van der Waals surface area contributed by atoms with Crippen LogP contribution in [0.15, 0.2) is 42.6 Å². The van der Waals surface area contributed by atoms with Gasteiger partial charge in [0.1, 0.15) is 23.9 Å². The summed E-state index contributed by atoms with van der Waals surface area (Å²) in [5, 5.41) is 2.41. The van der Waals surface area contributed by atoms with Crippen molar-refractivity contribution in [1.29, 1.82) is 0 Å². The molecule has 9 heteroatoms. The van der Waals surface area contributed by atoms with E-state index in [9.17, 15) is 13.6 Å². The van der Waals surface area contributed by atoms with Crippen molar-refractivity contribution in [1.82, 2.24) is 9.97 Å². The first kappa shape index (κ1) is 22.2. The van der Waals surface area contributed by atoms with E-state index < -0.39 is 23.8 Å². The van der Waals surface area contributed by atoms with Gasteiger partial charge in [0.2, 0.25) is 0 Å². The van der Waals surface area contributed by atoms with Gasteiger partial charge in [0.25, 0.3) is 6.43 Å². The zero-order chi connectivity index (χ0) is 21.6. The third-order valence-electron chi connectivity index (χ3n) is 3.83. The number of hydrogen-bond acceptors (Lipinski definition) is 6. The number of amides is 1. The van der Waals surface area contributed by atoms with Crippen LogP contribution >= 0.6 is 0 Å². The van der Waals surface area contributed by atoms with Crippen molar-refractivity contribution in [2.75, 3.05) is 19.0 Å². The number of ether oxygens (including phenoxy) is 2. The average molecular weight is 406 g/mol. The van der Waals surface area contributed by atoms with Crippen LogP contribution in [0.1, 0.15) is 32.4 Å². The Morgan fingerprint density at radius 1 is 1.38 bits per heavy atom. The molecule has 2 heterocycles. The van der Waals surface area contributed by atoms with Gasteiger partial charge in [0.05, 0.1) is 18.3 Å². The second-order valence-corrected chi connectivity index (χ2v) is 7.00. The molecule has 1 amide bonds. The molecule has 0 spiro atoms. The van der Waals surface area contributed by atoms with Gasteiger partial charge in [-0.15, -0.1) is 6.58 Å². The molecule has 0 bridgehead atoms. The largest absolute Gasteiger partial charge is 0.490 e. The second-order valence-electron chi connectivity index (χ2n) is 7.00. The van der Waals surface area contributed by atoms with Crippen molar-refractivity contribution in [3.05, 3.63) is 48.3 Å². The number of carbonyl (C=O) groups excluding carboxylic acids is 1. The Balaban J connectivity index is 2.27. The molecule has 1 unspecified atom stereocenters. The SMILES string of the molecule is C=C(C)CC(C)(N)COc1ccc(-c2ccnc(NC(=O)OC)c2)nc1C(F)F. The summed E-state index contributed by atoms with van der Waals surface area (Å²) >= 11 is 0. The zero-order valence-electron chi connectivity index (χ0n) is 16.5. The van der Waals surface area contributed by atoms with Crippen molar-refractivity contribution in [3.8, 4) is 17.0 Å². The maximum atomic E-state index is 13.6. The third kappa shape index (κ3) is 6.49. The molecule has 0 fully saturated rings. The van der Waals surface area contributed by atoms with E-state index in [4.69, 9.17) is 10.5 Å². The van der Waals surface area contributed by atoms with Crippen LogP contribution in [0.2, 0.25) is 0 Å². The highest BCUT2D eigenvalue weighted by atomic mass is 19.3. The summed E-state index contributed by atoms with van der Waals surface area (Å²) in [5.74, 6) is 0.165. The van der Waals surface area contributed by atoms with Gasteiger partial charge in [-0.05, 0) is 44.5 Å². The molecule has 1 atom stereocenters. The summed E-state index contributed by atoms with van der Waals surface area (Å²) in [6.45, 7) is 7.44. The van der Waals surface area contributed by atoms with E-state index in [0.717, 1.165) is 5.57 Å². The van der Waals surface area contributed by atoms with Crippen molar-refractivity contribution in [2.24, 2.45) is 5.73 Å². The number of nitrogens with zero attached hydrogens (tertiary/aromatic N) is 2. The highest BCUT2D eigenvalue weighted by molar-refractivity contribution is 5.84. The van der Waals surface area contributed by atoms with E-state index in [1.165, 1.54) is 25.4 Å². The Kier molecular flexibility index (Phi) is 7.22. The highest BCUT2D eigenvalue weighted by Gasteiger charge is 2.23. The van der Waals surface area contributed by atoms with E-state index >= 15 is 0 Å². The average Bonchev–Trinajstić information content (AvgIpc) is 2.65. The first-order chi connectivity index (χ1) is 13.6. The van der Waals surface area contributed by atoms with Crippen LogP contribution in [-0.4, -0.2) is 35.3 Å². The number of anilines is 1. The van der Waals surface area contributed by atoms with Gasteiger partial charge in [-0.1, -0.05) is 5.57 Å². The molecule has 0 aliphatic rings. The number of nitrogens with two attached hydrogens (primary N) is 1. The van der Waals surface area contributed by atoms with Gasteiger partial charge in [-0.25, -0.2) is 23.5 Å². The molecule has 2 aromatic heterocycles. The zero-order valence-corrected chi connectivity index (χ0v) is 16.5. The van der Waals surface area contributed by atoms with E-state index in [2.05, 4.69) is 26.6 Å². The van der Waals surface area contributed by atoms with Crippen molar-refractivity contribution >= 4 is 11.9 Å². The topological polar surface area (TPSA) is 99.4 Å². The van der Waals surface area contributed by atoms with Crippen molar-refractivity contribution < 1.29 is 23.0 Å². The molecule has 0 aliphatic carbocycles. The van der Waals surface area contributed by atoms with Gasteiger partial charge in [-0.2, -0.15) is 0 Å². The highest BCUT2D eigenvalue weighted by Crippen LogP contribution is 2.31. The van der Waals surface area contributed by atoms with Crippen LogP contribution in [-0.2, 0) is 4.74 Å². The Hall–Kier alpha value is -3.07. The summed E-state index contributed by atoms with van der Waals surface area (Å²) in [7, 11) is 1.22. The fraction of sp³-hybridized carbons (Fsp3) is 0.350. The monoisotopic (exact) mass is 406 g/mol. The van der Waals surface area contributed by atoms with Crippen LogP contribution in [0.4, 0.5) is 19.4 Å². The molecular weight excluding hydrogens is 382 g/mol. The molecule has 2 aromatic rings. The summed E-state index contributed by atoms with van der Waals surface area (Å²) < 4.78 is 37.2. The number of halogens is 2. The lowest BCUT2D eigenvalue weighted by Gasteiger charge is -2.25. The van der Waals surface area contributed by atoms with Crippen LogP contribution in [0.25, 0.3) is 11.3 Å². The van der Waals surface area contributed by atoms with E-state index in [0.29, 0.717) is 12.0 Å². The molecule has 0 radical (unpaired) electrons. The minimum absolute atomic E-state index is 0.0308. The molecule has 156 valence electrons. The fourth-order valence-corrected chi connectivity index (χ4v) is 2.70. The number of hydrogen-bond donors (Lipinski definition) is 2. The minimum Gasteiger partial charge on any atom is -0.490 e. The van der Waals surface area contributed by atoms with Crippen molar-refractivity contribution in [3.63, 3.8) is 0 Å². The molecule has 2 rings (SSSR count). The number of aromatic nitrogens is 2. The van der Waals surface area contributed by atoms with Crippen LogP contribution in [0.3, 0.4) is 0 Å². The number of alkyl halides is 2. The van der Waals surface area contributed by atoms with Gasteiger partial charge in [-0.3, -0.25) is 5.32 Å². The van der Waals surface area contributed by atoms with Crippen LogP contribution in [0.5, 0.6) is 5.75 Å². The molecule has 29 heavy (non-hydrogen) atoms. The molecule has 0 saturated heterocycles. The lowest BCUT2D eigenvalue weighted by molar-refractivity contribution is 0.136. The van der Waals surface area contributed by atoms with Crippen LogP contribution in [0, 0.1) is 0 Å². The van der Waals surface area contributed by atoms with Crippen LogP contribution < -0.4 is 15.8 Å². The normalized spacial score (nSPS) is 12.9. The molecule has 0 saturated carbocycles. The summed E-state index contributed by atoms with van der Waals surface area (Å²) in [6.07, 6.45) is -1.62. The van der Waals surface area contributed by atoms with E-state index in [1.54, 1.807) is 19.1 Å². The first-order valence-corrected chi connectivity index (χ1v) is 8.78. The van der Waals surface area contributed by atoms with E-state index in [-0.39, 0.29) is 23.9 Å². The molecule has 3 N–H and O–H groups in total. The molecule has 0 aliphatic heterocycles.